The third-order valence-corrected chi connectivity index (χ3v) is 6.78. The van der Waals surface area contributed by atoms with Crippen molar-refractivity contribution in [1.29, 1.82) is 5.53 Å². The highest BCUT2D eigenvalue weighted by atomic mass is 31.2. The molecule has 0 fully saturated rings. The van der Waals surface area contributed by atoms with Crippen LogP contribution >= 0.6 is 15.2 Å². The number of rotatable bonds is 8. The lowest BCUT2D eigenvalue weighted by Gasteiger charge is -2.20. The molecule has 1 N–H and O–H groups in total. The van der Waals surface area contributed by atoms with Crippen LogP contribution in [-0.4, -0.2) is 36.4 Å². The summed E-state index contributed by atoms with van der Waals surface area (Å²) in [6, 6.07) is 0. The first kappa shape index (κ1) is 18.7. The monoisotopic (exact) mass is 315 g/mol. The Kier molecular flexibility index (Phi) is 7.33. The van der Waals surface area contributed by atoms with Crippen molar-refractivity contribution in [3.05, 3.63) is 0 Å². The summed E-state index contributed by atoms with van der Waals surface area (Å²) < 4.78 is 44.8. The lowest BCUT2D eigenvalue weighted by molar-refractivity contribution is -0.115. The van der Waals surface area contributed by atoms with Gasteiger partial charge in [0, 0.05) is 14.2 Å². The van der Waals surface area contributed by atoms with E-state index in [1.54, 1.807) is 27.7 Å². The largest absolute Gasteiger partial charge is 0.534 e. The second-order valence-electron chi connectivity index (χ2n) is 4.08. The first-order valence-corrected chi connectivity index (χ1v) is 8.67. The standard InChI is InChI=1S/C9H21N2O6P2/c1-7(2)16-19(13,17-8(3)4)9(11-10)18(12,14-5)15-6/h7-8,10H,1-6H3/q+1. The fraction of sp³-hybridized carbons (Fsp3) is 0.889. The van der Waals surface area contributed by atoms with Gasteiger partial charge >= 0.3 is 20.4 Å². The van der Waals surface area contributed by atoms with E-state index >= 15 is 0 Å². The number of nitrogens with zero attached hydrogens (tertiary/aromatic N) is 1. The molecular weight excluding hydrogens is 294 g/mol. The molecule has 0 saturated carbocycles. The quantitative estimate of drug-likeness (QED) is 0.319. The van der Waals surface area contributed by atoms with Crippen LogP contribution in [0.4, 0.5) is 0 Å². The molecule has 0 atom stereocenters. The Labute approximate surface area is 113 Å². The van der Waals surface area contributed by atoms with Crippen LogP contribution in [0.2, 0.25) is 0 Å². The molecular formula is C9H21N2O6P2+. The molecule has 19 heavy (non-hydrogen) atoms. The van der Waals surface area contributed by atoms with Gasteiger partial charge in [0.1, 0.15) is 0 Å². The molecule has 0 aliphatic heterocycles. The Bertz CT molecular complexity index is 422. The normalized spacial score (nSPS) is 12.8. The van der Waals surface area contributed by atoms with Gasteiger partial charge in [0.2, 0.25) is 0 Å². The first-order valence-electron chi connectivity index (χ1n) is 5.59. The zero-order valence-electron chi connectivity index (χ0n) is 11.9. The van der Waals surface area contributed by atoms with Crippen molar-refractivity contribution in [3.8, 4) is 0 Å². The van der Waals surface area contributed by atoms with Crippen LogP contribution in [0.1, 0.15) is 27.7 Å². The minimum absolute atomic E-state index is 0.483. The molecule has 112 valence electrons. The van der Waals surface area contributed by atoms with Gasteiger partial charge in [-0.3, -0.25) is 9.05 Å². The Morgan fingerprint density at radius 2 is 1.32 bits per heavy atom. The van der Waals surface area contributed by atoms with Crippen molar-refractivity contribution in [2.45, 2.75) is 39.9 Å². The summed E-state index contributed by atoms with van der Waals surface area (Å²) in [6.07, 6.45) is -0.966. The molecule has 0 saturated heterocycles. The maximum absolute atomic E-state index is 12.7. The van der Waals surface area contributed by atoms with Gasteiger partial charge in [0.15, 0.2) is 0 Å². The van der Waals surface area contributed by atoms with Crippen LogP contribution < -0.4 is 0 Å². The van der Waals surface area contributed by atoms with Gasteiger partial charge in [-0.2, -0.15) is 0 Å². The minimum Gasteiger partial charge on any atom is -0.303 e. The van der Waals surface area contributed by atoms with Gasteiger partial charge in [-0.05, 0) is 27.7 Å². The van der Waals surface area contributed by atoms with E-state index in [0.29, 0.717) is 0 Å². The molecule has 10 heteroatoms. The molecule has 0 aromatic carbocycles. The van der Waals surface area contributed by atoms with E-state index in [-0.39, 0.29) is 0 Å². The molecule has 0 unspecified atom stereocenters. The van der Waals surface area contributed by atoms with E-state index in [1.807, 2.05) is 0 Å². The summed E-state index contributed by atoms with van der Waals surface area (Å²) in [6.45, 7) is 6.51. The summed E-state index contributed by atoms with van der Waals surface area (Å²) in [5.41, 5.74) is 7.09. The maximum Gasteiger partial charge on any atom is 0.534 e. The van der Waals surface area contributed by atoms with Crippen LogP contribution in [0.3, 0.4) is 0 Å². The Morgan fingerprint density at radius 3 is 1.53 bits per heavy atom. The fourth-order valence-corrected chi connectivity index (χ4v) is 5.23. The summed E-state index contributed by atoms with van der Waals surface area (Å²) in [4.78, 5) is 3.02. The SMILES string of the molecule is COP(=O)(OC)C(=[N+]=N)P(=O)(OC(C)C)OC(C)C. The van der Waals surface area contributed by atoms with Crippen LogP contribution in [0.5, 0.6) is 0 Å². The van der Waals surface area contributed by atoms with Gasteiger partial charge in [-0.25, -0.2) is 9.13 Å². The molecule has 8 nitrogen and oxygen atoms in total. The van der Waals surface area contributed by atoms with E-state index in [9.17, 15) is 9.13 Å². The number of hydrogen-bond donors (Lipinski definition) is 1. The zero-order chi connectivity index (χ0) is 15.3. The third-order valence-electron chi connectivity index (χ3n) is 1.77. The van der Waals surface area contributed by atoms with Crippen molar-refractivity contribution in [3.63, 3.8) is 0 Å². The van der Waals surface area contributed by atoms with Gasteiger partial charge in [-0.15, -0.1) is 0 Å². The van der Waals surface area contributed by atoms with Crippen LogP contribution in [0, 0.1) is 5.53 Å². The lowest BCUT2D eigenvalue weighted by Crippen LogP contribution is -2.16. The smallest absolute Gasteiger partial charge is 0.303 e. The molecule has 0 heterocycles. The van der Waals surface area contributed by atoms with Gasteiger partial charge in [-0.1, -0.05) is 0 Å². The molecule has 0 aromatic heterocycles. The molecule has 0 radical (unpaired) electrons. The van der Waals surface area contributed by atoms with Crippen LogP contribution in [0.25, 0.3) is 0 Å². The first-order chi connectivity index (χ1) is 8.65. The van der Waals surface area contributed by atoms with Crippen molar-refractivity contribution in [2.75, 3.05) is 14.2 Å². The highest BCUT2D eigenvalue weighted by Gasteiger charge is 2.58. The highest BCUT2D eigenvalue weighted by molar-refractivity contribution is 7.98. The van der Waals surface area contributed by atoms with Gasteiger partial charge in [0.05, 0.1) is 22.5 Å². The molecule has 0 spiro atoms. The topological polar surface area (TPSA) is 109 Å². The predicted molar refractivity (Wildman–Crippen MR) is 69.7 cm³/mol. The van der Waals surface area contributed by atoms with Crippen LogP contribution in [0.15, 0.2) is 0 Å². The Hall–Kier alpha value is -0.320. The molecule has 0 bridgehead atoms. The van der Waals surface area contributed by atoms with Crippen molar-refractivity contribution >= 4 is 20.4 Å². The summed E-state index contributed by atoms with van der Waals surface area (Å²) in [7, 11) is -5.82. The molecule has 0 aromatic rings. The van der Waals surface area contributed by atoms with E-state index < -0.39 is 32.6 Å². The average molecular weight is 315 g/mol. The zero-order valence-corrected chi connectivity index (χ0v) is 13.7. The van der Waals surface area contributed by atoms with Crippen molar-refractivity contribution < 1.29 is 32.0 Å². The second kappa shape index (κ2) is 7.46. The van der Waals surface area contributed by atoms with Crippen molar-refractivity contribution in [1.82, 2.24) is 0 Å². The fourth-order valence-electron chi connectivity index (χ4n) is 1.18. The second-order valence-corrected chi connectivity index (χ2v) is 8.42. The van der Waals surface area contributed by atoms with E-state index in [4.69, 9.17) is 23.6 Å². The summed E-state index contributed by atoms with van der Waals surface area (Å²) in [5.74, 6) is 0. The molecule has 0 aliphatic rings. The molecule has 0 aliphatic carbocycles. The Morgan fingerprint density at radius 1 is 0.947 bits per heavy atom. The third kappa shape index (κ3) is 4.93. The molecule has 0 rings (SSSR count). The van der Waals surface area contributed by atoms with E-state index in [1.165, 1.54) is 0 Å². The minimum atomic E-state index is -4.05. The van der Waals surface area contributed by atoms with E-state index in [0.717, 1.165) is 14.2 Å². The average Bonchev–Trinajstić information content (AvgIpc) is 2.26. The predicted octanol–water partition coefficient (Wildman–Crippen LogP) is 3.11. The summed E-state index contributed by atoms with van der Waals surface area (Å²) >= 11 is 0. The van der Waals surface area contributed by atoms with Crippen molar-refractivity contribution in [2.24, 2.45) is 0 Å². The number of nitrogens with one attached hydrogen (secondary N) is 1. The Balaban J connectivity index is 5.77. The van der Waals surface area contributed by atoms with Crippen LogP contribution in [-0.2, 0) is 27.2 Å². The highest BCUT2D eigenvalue weighted by Crippen LogP contribution is 2.65. The summed E-state index contributed by atoms with van der Waals surface area (Å²) in [5, 5.41) is -0.660. The van der Waals surface area contributed by atoms with Gasteiger partial charge in [0.25, 0.3) is 0 Å². The lowest BCUT2D eigenvalue weighted by atomic mass is 10.5. The molecule has 0 amide bonds. The van der Waals surface area contributed by atoms with Gasteiger partial charge < -0.3 is 9.05 Å². The number of hydrogen-bond acceptors (Lipinski definition) is 7. The maximum atomic E-state index is 12.7. The van der Waals surface area contributed by atoms with E-state index in [2.05, 4.69) is 4.79 Å².